The number of aliphatic hydroxyl groups is 1. The van der Waals surface area contributed by atoms with Crippen LogP contribution in [0.25, 0.3) is 5.65 Å². The van der Waals surface area contributed by atoms with E-state index in [1.54, 1.807) is 6.07 Å². The number of rotatable bonds is 2. The van der Waals surface area contributed by atoms with Crippen LogP contribution < -0.4 is 4.74 Å². The van der Waals surface area contributed by atoms with Gasteiger partial charge in [-0.25, -0.2) is 9.37 Å². The summed E-state index contributed by atoms with van der Waals surface area (Å²) >= 11 is 0. The molecule has 0 aliphatic heterocycles. The Hall–Kier alpha value is -2.40. The van der Waals surface area contributed by atoms with E-state index in [1.807, 2.05) is 36.6 Å². The maximum atomic E-state index is 13.4. The molecule has 0 amide bonds. The maximum absolute atomic E-state index is 13.4. The second kappa shape index (κ2) is 5.06. The van der Waals surface area contributed by atoms with Gasteiger partial charge in [-0.2, -0.15) is 0 Å². The van der Waals surface area contributed by atoms with Gasteiger partial charge < -0.3 is 14.2 Å². The summed E-state index contributed by atoms with van der Waals surface area (Å²) in [5.41, 5.74) is 4.35. The summed E-state index contributed by atoms with van der Waals surface area (Å²) in [6.07, 6.45) is 1.14. The Balaban J connectivity index is 1.76. The highest BCUT2D eigenvalue weighted by Crippen LogP contribution is 2.36. The third-order valence-corrected chi connectivity index (χ3v) is 4.53. The molecule has 1 aliphatic rings. The fraction of sp³-hybridized carbons (Fsp3) is 0.278. The monoisotopic (exact) mass is 312 g/mol. The van der Waals surface area contributed by atoms with Crippen molar-refractivity contribution < 1.29 is 14.2 Å². The van der Waals surface area contributed by atoms with Crippen LogP contribution in [0.3, 0.4) is 0 Å². The first-order valence-corrected chi connectivity index (χ1v) is 7.62. The number of aliphatic hydroxyl groups excluding tert-OH is 1. The molecule has 2 aromatic heterocycles. The number of benzene rings is 1. The van der Waals surface area contributed by atoms with Crippen LogP contribution in [0.1, 0.15) is 28.6 Å². The van der Waals surface area contributed by atoms with Gasteiger partial charge in [0.2, 0.25) is 0 Å². The smallest absolute Gasteiger partial charge is 0.180 e. The Kier molecular flexibility index (Phi) is 3.13. The molecule has 4 rings (SSSR count). The molecule has 0 fully saturated rings. The van der Waals surface area contributed by atoms with Crippen LogP contribution in [0.15, 0.2) is 36.5 Å². The summed E-state index contributed by atoms with van der Waals surface area (Å²) in [6, 6.07) is 8.29. The van der Waals surface area contributed by atoms with E-state index < -0.39 is 12.2 Å². The molecule has 0 spiro atoms. The number of hydrogen-bond donors (Lipinski definition) is 1. The van der Waals surface area contributed by atoms with E-state index in [1.165, 1.54) is 12.1 Å². The molecule has 1 aliphatic carbocycles. The van der Waals surface area contributed by atoms with Gasteiger partial charge >= 0.3 is 0 Å². The summed E-state index contributed by atoms with van der Waals surface area (Å²) in [4.78, 5) is 4.55. The fourth-order valence-corrected chi connectivity index (χ4v) is 3.21. The number of nitrogens with zero attached hydrogens (tertiary/aromatic N) is 2. The molecule has 3 aromatic rings. The molecule has 2 heterocycles. The van der Waals surface area contributed by atoms with Gasteiger partial charge in [0, 0.05) is 18.3 Å². The summed E-state index contributed by atoms with van der Waals surface area (Å²) in [5.74, 6) is 0.322. The molecule has 23 heavy (non-hydrogen) atoms. The van der Waals surface area contributed by atoms with Crippen molar-refractivity contribution in [1.82, 2.24) is 9.38 Å². The van der Waals surface area contributed by atoms with Crippen molar-refractivity contribution >= 4 is 5.65 Å². The lowest BCUT2D eigenvalue weighted by molar-refractivity contribution is 0.0502. The van der Waals surface area contributed by atoms with Gasteiger partial charge in [0.25, 0.3) is 0 Å². The van der Waals surface area contributed by atoms with Crippen molar-refractivity contribution in [2.24, 2.45) is 0 Å². The van der Waals surface area contributed by atoms with Crippen LogP contribution in [0.2, 0.25) is 0 Å². The zero-order valence-corrected chi connectivity index (χ0v) is 13.0. The fourth-order valence-electron chi connectivity index (χ4n) is 3.21. The van der Waals surface area contributed by atoms with Crippen molar-refractivity contribution in [3.8, 4) is 5.75 Å². The second-order valence-electron chi connectivity index (χ2n) is 6.00. The largest absolute Gasteiger partial charge is 0.479 e. The lowest BCUT2D eigenvalue weighted by atomic mass is 10.1. The van der Waals surface area contributed by atoms with Crippen LogP contribution in [-0.2, 0) is 6.42 Å². The Morgan fingerprint density at radius 3 is 2.96 bits per heavy atom. The molecule has 0 saturated carbocycles. The van der Waals surface area contributed by atoms with E-state index in [-0.39, 0.29) is 5.82 Å². The van der Waals surface area contributed by atoms with Crippen LogP contribution in [0, 0.1) is 19.7 Å². The minimum Gasteiger partial charge on any atom is -0.479 e. The Bertz CT molecular complexity index is 903. The third kappa shape index (κ3) is 2.19. The summed E-state index contributed by atoms with van der Waals surface area (Å²) in [7, 11) is 0. The van der Waals surface area contributed by atoms with Gasteiger partial charge in [0.1, 0.15) is 5.82 Å². The normalized spacial score (nSPS) is 20.0. The summed E-state index contributed by atoms with van der Waals surface area (Å²) in [5, 5.41) is 10.3. The first-order valence-electron chi connectivity index (χ1n) is 7.62. The highest BCUT2D eigenvalue weighted by atomic mass is 19.1. The lowest BCUT2D eigenvalue weighted by Crippen LogP contribution is -2.19. The van der Waals surface area contributed by atoms with Crippen LogP contribution in [-0.4, -0.2) is 20.6 Å². The second-order valence-corrected chi connectivity index (χ2v) is 6.00. The number of aromatic nitrogens is 2. The van der Waals surface area contributed by atoms with Crippen molar-refractivity contribution in [3.63, 3.8) is 0 Å². The number of hydrogen-bond acceptors (Lipinski definition) is 3. The molecule has 118 valence electrons. The van der Waals surface area contributed by atoms with E-state index >= 15 is 0 Å². The summed E-state index contributed by atoms with van der Waals surface area (Å²) < 4.78 is 21.4. The van der Waals surface area contributed by atoms with Gasteiger partial charge in [-0.1, -0.05) is 6.07 Å². The van der Waals surface area contributed by atoms with E-state index in [9.17, 15) is 9.50 Å². The average molecular weight is 312 g/mol. The predicted molar refractivity (Wildman–Crippen MR) is 84.1 cm³/mol. The number of pyridine rings is 1. The van der Waals surface area contributed by atoms with E-state index in [0.717, 1.165) is 28.2 Å². The topological polar surface area (TPSA) is 46.8 Å². The number of fused-ring (bicyclic) bond motifs is 2. The number of aryl methyl sites for hydroxylation is 2. The highest BCUT2D eigenvalue weighted by molar-refractivity contribution is 5.56. The molecule has 1 aromatic carbocycles. The van der Waals surface area contributed by atoms with Crippen molar-refractivity contribution in [2.75, 3.05) is 0 Å². The Morgan fingerprint density at radius 1 is 1.30 bits per heavy atom. The van der Waals surface area contributed by atoms with E-state index in [0.29, 0.717) is 12.2 Å². The first-order chi connectivity index (χ1) is 11.0. The van der Waals surface area contributed by atoms with Gasteiger partial charge in [-0.05, 0) is 49.2 Å². The van der Waals surface area contributed by atoms with Crippen molar-refractivity contribution in [2.45, 2.75) is 32.5 Å². The zero-order chi connectivity index (χ0) is 16.1. The molecule has 0 saturated heterocycles. The van der Waals surface area contributed by atoms with Gasteiger partial charge in [0.15, 0.2) is 17.5 Å². The SMILES string of the molecule is Cc1nc2c(OC3c4ccc(F)cc4CC3O)cccn2c1C. The molecular formula is C18H17FN2O2. The minimum absolute atomic E-state index is 0.293. The molecule has 0 radical (unpaired) electrons. The molecule has 5 heteroatoms. The van der Waals surface area contributed by atoms with Crippen LogP contribution >= 0.6 is 0 Å². The third-order valence-electron chi connectivity index (χ3n) is 4.53. The average Bonchev–Trinajstić information content (AvgIpc) is 2.98. The molecule has 4 nitrogen and oxygen atoms in total. The van der Waals surface area contributed by atoms with Crippen molar-refractivity contribution in [3.05, 3.63) is 64.9 Å². The Morgan fingerprint density at radius 2 is 2.13 bits per heavy atom. The molecule has 2 atom stereocenters. The zero-order valence-electron chi connectivity index (χ0n) is 13.0. The van der Waals surface area contributed by atoms with Crippen LogP contribution in [0.4, 0.5) is 4.39 Å². The Labute approximate surface area is 133 Å². The highest BCUT2D eigenvalue weighted by Gasteiger charge is 2.33. The molecule has 0 bridgehead atoms. The molecular weight excluding hydrogens is 295 g/mol. The van der Waals surface area contributed by atoms with Gasteiger partial charge in [-0.15, -0.1) is 0 Å². The van der Waals surface area contributed by atoms with E-state index in [2.05, 4.69) is 4.98 Å². The van der Waals surface area contributed by atoms with Gasteiger partial charge in [0.05, 0.1) is 11.8 Å². The molecule has 1 N–H and O–H groups in total. The first kappa shape index (κ1) is 14.2. The van der Waals surface area contributed by atoms with Crippen molar-refractivity contribution in [1.29, 1.82) is 0 Å². The molecule has 2 unspecified atom stereocenters. The quantitative estimate of drug-likeness (QED) is 0.791. The predicted octanol–water partition coefficient (Wildman–Crippen LogP) is 3.13. The number of ether oxygens (including phenoxy) is 1. The standard InChI is InChI=1S/C18H17FN2O2/c1-10-11(2)21-7-3-4-16(18(21)20-10)23-17-14-6-5-13(19)8-12(14)9-15(17)22/h3-8,15,17,22H,9H2,1-2H3. The number of halogens is 1. The minimum atomic E-state index is -0.691. The van der Waals surface area contributed by atoms with Crippen LogP contribution in [0.5, 0.6) is 5.75 Å². The maximum Gasteiger partial charge on any atom is 0.180 e. The van der Waals surface area contributed by atoms with E-state index in [4.69, 9.17) is 4.74 Å². The lowest BCUT2D eigenvalue weighted by Gasteiger charge is -2.18. The van der Waals surface area contributed by atoms with Gasteiger partial charge in [-0.3, -0.25) is 0 Å². The summed E-state index contributed by atoms with van der Waals surface area (Å²) in [6.45, 7) is 3.95. The number of imidazole rings is 1.